The van der Waals surface area contributed by atoms with Gasteiger partial charge in [-0.15, -0.1) is 0 Å². The number of nitrogens with one attached hydrogen (secondary N) is 2. The molecule has 0 aliphatic heterocycles. The minimum Gasteiger partial charge on any atom is -0.430 e. The first kappa shape index (κ1) is 30.1. The lowest BCUT2D eigenvalue weighted by atomic mass is 9.91. The molecule has 2 rings (SSSR count). The number of rotatable bonds is 13. The third-order valence-corrected chi connectivity index (χ3v) is 6.77. The zero-order valence-electron chi connectivity index (χ0n) is 20.9. The van der Waals surface area contributed by atoms with Gasteiger partial charge in [-0.25, -0.2) is 21.5 Å². The molecule has 2 aromatic rings. The second-order valence-corrected chi connectivity index (χ2v) is 10.8. The molecule has 1 aromatic heterocycles. The summed E-state index contributed by atoms with van der Waals surface area (Å²) in [5, 5.41) is 26.9. The number of hydrogen-bond acceptors (Lipinski definition) is 8. The molecule has 11 nitrogen and oxygen atoms in total. The van der Waals surface area contributed by atoms with Crippen LogP contribution in [0.15, 0.2) is 28.9 Å². The quantitative estimate of drug-likeness (QED) is 0.290. The van der Waals surface area contributed by atoms with Crippen molar-refractivity contribution in [1.29, 1.82) is 0 Å². The summed E-state index contributed by atoms with van der Waals surface area (Å²) in [6.45, 7) is 3.16. The number of oxazole rings is 1. The monoisotopic (exact) mass is 546 g/mol. The van der Waals surface area contributed by atoms with E-state index in [1.54, 1.807) is 0 Å². The van der Waals surface area contributed by atoms with Gasteiger partial charge in [-0.05, 0) is 30.5 Å². The van der Waals surface area contributed by atoms with Gasteiger partial charge < -0.3 is 25.3 Å². The highest BCUT2D eigenvalue weighted by atomic mass is 32.2. The molecule has 0 aliphatic rings. The van der Waals surface area contributed by atoms with Crippen molar-refractivity contribution < 1.29 is 41.4 Å². The number of aliphatic hydroxyl groups is 2. The number of hydrogen-bond donors (Lipinski definition) is 4. The molecule has 206 valence electrons. The van der Waals surface area contributed by atoms with Crippen LogP contribution in [-0.4, -0.2) is 73.0 Å². The first-order valence-corrected chi connectivity index (χ1v) is 13.4. The van der Waals surface area contributed by atoms with E-state index >= 15 is 0 Å². The van der Waals surface area contributed by atoms with Crippen LogP contribution >= 0.6 is 0 Å². The molecule has 2 amide bonds. The van der Waals surface area contributed by atoms with Gasteiger partial charge in [0.05, 0.1) is 18.3 Å². The SMILES string of the molecule is CCCCC(NC(C)=O)C(O)C(O)C(Cc1cc(F)cc(F)c1)NC(=O)c1coc(N(C)S(C)(=O)=O)n1. The van der Waals surface area contributed by atoms with Crippen LogP contribution in [0, 0.1) is 11.6 Å². The van der Waals surface area contributed by atoms with Crippen molar-refractivity contribution in [2.75, 3.05) is 17.6 Å². The molecule has 0 radical (unpaired) electrons. The Bertz CT molecular complexity index is 1170. The van der Waals surface area contributed by atoms with Crippen LogP contribution in [0.5, 0.6) is 0 Å². The highest BCUT2D eigenvalue weighted by Crippen LogP contribution is 2.19. The molecule has 0 spiro atoms. The van der Waals surface area contributed by atoms with Crippen molar-refractivity contribution in [3.05, 3.63) is 47.4 Å². The number of nitrogens with zero attached hydrogens (tertiary/aromatic N) is 2. The van der Waals surface area contributed by atoms with Crippen LogP contribution in [0.25, 0.3) is 0 Å². The highest BCUT2D eigenvalue weighted by molar-refractivity contribution is 7.92. The van der Waals surface area contributed by atoms with Gasteiger partial charge in [-0.1, -0.05) is 19.8 Å². The summed E-state index contributed by atoms with van der Waals surface area (Å²) in [5.74, 6) is -3.10. The van der Waals surface area contributed by atoms with E-state index in [0.717, 1.165) is 31.1 Å². The van der Waals surface area contributed by atoms with Crippen molar-refractivity contribution in [2.24, 2.45) is 0 Å². The van der Waals surface area contributed by atoms with E-state index in [9.17, 15) is 37.0 Å². The smallest absolute Gasteiger partial charge is 0.311 e. The largest absolute Gasteiger partial charge is 0.430 e. The molecular formula is C23H32F2N4O7S. The molecule has 0 saturated carbocycles. The van der Waals surface area contributed by atoms with E-state index in [1.807, 2.05) is 6.92 Å². The Balaban J connectivity index is 2.35. The predicted molar refractivity (Wildman–Crippen MR) is 130 cm³/mol. The third kappa shape index (κ3) is 8.76. The maximum absolute atomic E-state index is 13.8. The lowest BCUT2D eigenvalue weighted by Gasteiger charge is -2.32. The Morgan fingerprint density at radius 2 is 1.70 bits per heavy atom. The molecule has 0 saturated heterocycles. The van der Waals surface area contributed by atoms with Crippen molar-refractivity contribution in [3.63, 3.8) is 0 Å². The molecule has 0 bridgehead atoms. The standard InChI is InChI=1S/C23H32F2N4O7S/c1-5-6-7-17(26-13(2)30)20(31)21(32)18(10-14-8-15(24)11-16(25)9-14)27-22(33)19-12-36-23(28-19)29(3)37(4,34)35/h8-9,11-12,17-18,20-21,31-32H,5-7,10H2,1-4H3,(H,26,30)(H,27,33). The molecule has 14 heteroatoms. The van der Waals surface area contributed by atoms with Gasteiger partial charge in [-0.3, -0.25) is 9.59 Å². The van der Waals surface area contributed by atoms with Gasteiger partial charge in [0.15, 0.2) is 5.69 Å². The normalized spacial score (nSPS) is 14.9. The summed E-state index contributed by atoms with van der Waals surface area (Å²) in [6, 6.07) is 0.141. The van der Waals surface area contributed by atoms with E-state index in [-0.39, 0.29) is 23.7 Å². The Hall–Kier alpha value is -3.10. The zero-order chi connectivity index (χ0) is 27.9. The number of benzene rings is 1. The van der Waals surface area contributed by atoms with E-state index in [0.29, 0.717) is 23.2 Å². The molecule has 0 aliphatic carbocycles. The van der Waals surface area contributed by atoms with Crippen LogP contribution in [0.4, 0.5) is 14.8 Å². The Labute approximate surface area is 213 Å². The van der Waals surface area contributed by atoms with Crippen LogP contribution in [0.2, 0.25) is 0 Å². The fraction of sp³-hybridized carbons (Fsp3) is 0.522. The van der Waals surface area contributed by atoms with Gasteiger partial charge in [-0.2, -0.15) is 4.98 Å². The molecular weight excluding hydrogens is 514 g/mol. The Morgan fingerprint density at radius 3 is 2.24 bits per heavy atom. The lowest BCUT2D eigenvalue weighted by molar-refractivity contribution is -0.121. The fourth-order valence-electron chi connectivity index (χ4n) is 3.63. The summed E-state index contributed by atoms with van der Waals surface area (Å²) in [6.07, 6.45) is -0.0321. The molecule has 4 unspecified atom stereocenters. The van der Waals surface area contributed by atoms with Crippen LogP contribution in [-0.2, 0) is 21.2 Å². The van der Waals surface area contributed by atoms with Gasteiger partial charge in [0.1, 0.15) is 30.1 Å². The van der Waals surface area contributed by atoms with E-state index in [1.165, 1.54) is 14.0 Å². The van der Waals surface area contributed by atoms with E-state index in [4.69, 9.17) is 4.42 Å². The van der Waals surface area contributed by atoms with Crippen molar-refractivity contribution in [3.8, 4) is 0 Å². The van der Waals surface area contributed by atoms with Crippen molar-refractivity contribution >= 4 is 27.9 Å². The van der Waals surface area contributed by atoms with Gasteiger partial charge >= 0.3 is 6.01 Å². The number of halogens is 2. The van der Waals surface area contributed by atoms with E-state index < -0.39 is 57.8 Å². The summed E-state index contributed by atoms with van der Waals surface area (Å²) in [5.41, 5.74) is -0.261. The summed E-state index contributed by atoms with van der Waals surface area (Å²) < 4.78 is 56.7. The van der Waals surface area contributed by atoms with Crippen molar-refractivity contribution in [2.45, 2.75) is 63.8 Å². The Morgan fingerprint density at radius 1 is 1.11 bits per heavy atom. The van der Waals surface area contributed by atoms with Crippen LogP contribution in [0.3, 0.4) is 0 Å². The number of sulfonamides is 1. The second kappa shape index (κ2) is 12.9. The maximum Gasteiger partial charge on any atom is 0.311 e. The van der Waals surface area contributed by atoms with Gasteiger partial charge in [0.25, 0.3) is 5.91 Å². The van der Waals surface area contributed by atoms with Gasteiger partial charge in [0, 0.05) is 20.0 Å². The third-order valence-electron chi connectivity index (χ3n) is 5.62. The maximum atomic E-state index is 13.8. The fourth-order valence-corrected chi connectivity index (χ4v) is 3.99. The molecule has 1 heterocycles. The lowest BCUT2D eigenvalue weighted by Crippen LogP contribution is -2.56. The van der Waals surface area contributed by atoms with Crippen LogP contribution < -0.4 is 14.9 Å². The number of unbranched alkanes of at least 4 members (excludes halogenated alkanes) is 1. The number of anilines is 1. The number of aliphatic hydroxyl groups excluding tert-OH is 2. The summed E-state index contributed by atoms with van der Waals surface area (Å²) >= 11 is 0. The predicted octanol–water partition coefficient (Wildman–Crippen LogP) is 1.11. The summed E-state index contributed by atoms with van der Waals surface area (Å²) in [4.78, 5) is 28.4. The number of aromatic nitrogens is 1. The molecule has 1 aromatic carbocycles. The average molecular weight is 547 g/mol. The molecule has 4 N–H and O–H groups in total. The topological polar surface area (TPSA) is 162 Å². The average Bonchev–Trinajstić information content (AvgIpc) is 3.28. The van der Waals surface area contributed by atoms with Gasteiger partial charge in [0.2, 0.25) is 15.9 Å². The first-order valence-electron chi connectivity index (χ1n) is 11.5. The molecule has 4 atom stereocenters. The summed E-state index contributed by atoms with van der Waals surface area (Å²) in [7, 11) is -2.56. The molecule has 37 heavy (non-hydrogen) atoms. The number of carbonyl (C=O) groups excluding carboxylic acids is 2. The zero-order valence-corrected chi connectivity index (χ0v) is 21.8. The first-order chi connectivity index (χ1) is 17.2. The van der Waals surface area contributed by atoms with Crippen LogP contribution in [0.1, 0.15) is 49.2 Å². The second-order valence-electron chi connectivity index (χ2n) is 8.74. The number of amides is 2. The van der Waals surface area contributed by atoms with Crippen molar-refractivity contribution in [1.82, 2.24) is 15.6 Å². The van der Waals surface area contributed by atoms with E-state index in [2.05, 4.69) is 15.6 Å². The Kier molecular flexibility index (Phi) is 10.5. The molecule has 0 fully saturated rings. The minimum absolute atomic E-state index is 0.0799. The highest BCUT2D eigenvalue weighted by Gasteiger charge is 2.34. The number of carbonyl (C=O) groups is 2. The minimum atomic E-state index is -3.73.